The zero-order valence-electron chi connectivity index (χ0n) is 16.7. The Morgan fingerprint density at radius 2 is 1.69 bits per heavy atom. The maximum Gasteiger partial charge on any atom is 0.227 e. The lowest BCUT2D eigenvalue weighted by Crippen LogP contribution is -2.33. The van der Waals surface area contributed by atoms with Crippen LogP contribution in [0.15, 0.2) is 36.7 Å². The van der Waals surface area contributed by atoms with Gasteiger partial charge in [-0.3, -0.25) is 0 Å². The molecule has 0 amide bonds. The van der Waals surface area contributed by atoms with Crippen LogP contribution in [0.3, 0.4) is 0 Å². The van der Waals surface area contributed by atoms with Gasteiger partial charge in [-0.25, -0.2) is 4.98 Å². The van der Waals surface area contributed by atoms with E-state index in [9.17, 15) is 0 Å². The Bertz CT molecular complexity index is 954. The SMILES string of the molecule is NC1CCC(Nc2nc(Nc3ccccc3)c3ncn(C4CCCC4)c3n2)CC1. The number of hydrogen-bond acceptors (Lipinski definition) is 6. The minimum atomic E-state index is 0.329. The van der Waals surface area contributed by atoms with Gasteiger partial charge in [0.15, 0.2) is 17.0 Å². The summed E-state index contributed by atoms with van der Waals surface area (Å²) >= 11 is 0. The third kappa shape index (κ3) is 3.92. The Labute approximate surface area is 171 Å². The topological polar surface area (TPSA) is 93.7 Å². The highest BCUT2D eigenvalue weighted by Crippen LogP contribution is 2.34. The third-order valence-electron chi connectivity index (χ3n) is 6.28. The lowest BCUT2D eigenvalue weighted by atomic mass is 9.92. The number of nitrogens with two attached hydrogens (primary N) is 1. The molecule has 0 saturated heterocycles. The van der Waals surface area contributed by atoms with Crippen molar-refractivity contribution in [2.24, 2.45) is 5.73 Å². The summed E-state index contributed by atoms with van der Waals surface area (Å²) in [5, 5.41) is 7.02. The number of para-hydroxylation sites is 1. The molecule has 2 aromatic heterocycles. The van der Waals surface area contributed by atoms with Crippen LogP contribution in [0.2, 0.25) is 0 Å². The predicted octanol–water partition coefficient (Wildman–Crippen LogP) is 4.37. The molecule has 7 heteroatoms. The van der Waals surface area contributed by atoms with Crippen LogP contribution in [0.25, 0.3) is 11.2 Å². The van der Waals surface area contributed by atoms with Crippen molar-refractivity contribution >= 4 is 28.6 Å². The minimum absolute atomic E-state index is 0.329. The number of anilines is 3. The van der Waals surface area contributed by atoms with Crippen molar-refractivity contribution < 1.29 is 0 Å². The highest BCUT2D eigenvalue weighted by atomic mass is 15.2. The first-order chi connectivity index (χ1) is 14.3. The summed E-state index contributed by atoms with van der Waals surface area (Å²) in [7, 11) is 0. The quantitative estimate of drug-likeness (QED) is 0.598. The second-order valence-electron chi connectivity index (χ2n) is 8.41. The molecule has 3 aromatic rings. The summed E-state index contributed by atoms with van der Waals surface area (Å²) in [6.45, 7) is 0. The van der Waals surface area contributed by atoms with Crippen molar-refractivity contribution in [3.8, 4) is 0 Å². The van der Waals surface area contributed by atoms with Gasteiger partial charge in [-0.2, -0.15) is 9.97 Å². The molecular weight excluding hydrogens is 362 g/mol. The molecule has 2 saturated carbocycles. The van der Waals surface area contributed by atoms with E-state index in [-0.39, 0.29) is 0 Å². The van der Waals surface area contributed by atoms with Crippen molar-refractivity contribution in [2.45, 2.75) is 69.5 Å². The van der Waals surface area contributed by atoms with Gasteiger partial charge < -0.3 is 20.9 Å². The van der Waals surface area contributed by atoms with E-state index in [0.29, 0.717) is 24.1 Å². The first kappa shape index (κ1) is 18.4. The van der Waals surface area contributed by atoms with Crippen LogP contribution in [-0.2, 0) is 0 Å². The Morgan fingerprint density at radius 3 is 2.45 bits per heavy atom. The predicted molar refractivity (Wildman–Crippen MR) is 116 cm³/mol. The van der Waals surface area contributed by atoms with Crippen molar-refractivity contribution in [2.75, 3.05) is 10.6 Å². The fraction of sp³-hybridized carbons (Fsp3) is 0.500. The smallest absolute Gasteiger partial charge is 0.227 e. The number of fused-ring (bicyclic) bond motifs is 1. The fourth-order valence-corrected chi connectivity index (χ4v) is 4.62. The molecule has 0 spiro atoms. The van der Waals surface area contributed by atoms with Gasteiger partial charge in [0.1, 0.15) is 0 Å². The van der Waals surface area contributed by atoms with Crippen LogP contribution in [0.5, 0.6) is 0 Å². The average molecular weight is 392 g/mol. The van der Waals surface area contributed by atoms with Gasteiger partial charge in [-0.1, -0.05) is 31.0 Å². The van der Waals surface area contributed by atoms with E-state index in [1.165, 1.54) is 25.7 Å². The molecule has 4 N–H and O–H groups in total. The van der Waals surface area contributed by atoms with Gasteiger partial charge in [0.25, 0.3) is 0 Å². The van der Waals surface area contributed by atoms with Crippen LogP contribution >= 0.6 is 0 Å². The Kier molecular flexibility index (Phi) is 5.06. The zero-order valence-corrected chi connectivity index (χ0v) is 16.7. The molecule has 0 atom stereocenters. The first-order valence-electron chi connectivity index (χ1n) is 10.8. The number of nitrogens with zero attached hydrogens (tertiary/aromatic N) is 4. The highest BCUT2D eigenvalue weighted by molar-refractivity contribution is 5.86. The summed E-state index contributed by atoms with van der Waals surface area (Å²) in [5.74, 6) is 1.43. The normalized spacial score (nSPS) is 22.8. The highest BCUT2D eigenvalue weighted by Gasteiger charge is 2.23. The molecule has 0 bridgehead atoms. The van der Waals surface area contributed by atoms with Crippen LogP contribution in [0, 0.1) is 0 Å². The first-order valence-corrected chi connectivity index (χ1v) is 10.8. The summed E-state index contributed by atoms with van der Waals surface area (Å²) < 4.78 is 2.25. The van der Waals surface area contributed by atoms with Gasteiger partial charge in [-0.05, 0) is 50.7 Å². The maximum atomic E-state index is 6.07. The molecular formula is C22H29N7. The molecule has 7 nitrogen and oxygen atoms in total. The van der Waals surface area contributed by atoms with Crippen molar-refractivity contribution in [3.05, 3.63) is 36.7 Å². The minimum Gasteiger partial charge on any atom is -0.351 e. The molecule has 0 radical (unpaired) electrons. The van der Waals surface area contributed by atoms with E-state index in [4.69, 9.17) is 15.7 Å². The zero-order chi connectivity index (χ0) is 19.6. The standard InChI is InChI=1S/C22H29N7/c23-15-10-12-17(13-11-15)26-22-27-20(25-16-6-2-1-3-7-16)19-21(28-22)29(14-24-19)18-8-4-5-9-18/h1-3,6-7,14-15,17-18H,4-5,8-13,23H2,(H2,25,26,27,28). The van der Waals surface area contributed by atoms with Crippen LogP contribution in [0.4, 0.5) is 17.5 Å². The van der Waals surface area contributed by atoms with Gasteiger partial charge in [-0.15, -0.1) is 0 Å². The van der Waals surface area contributed by atoms with E-state index in [1.54, 1.807) is 0 Å². The molecule has 0 unspecified atom stereocenters. The number of imidazole rings is 1. The molecule has 29 heavy (non-hydrogen) atoms. The van der Waals surface area contributed by atoms with Crippen molar-refractivity contribution in [1.29, 1.82) is 0 Å². The largest absolute Gasteiger partial charge is 0.351 e. The van der Waals surface area contributed by atoms with Crippen molar-refractivity contribution in [1.82, 2.24) is 19.5 Å². The summed E-state index contributed by atoms with van der Waals surface area (Å²) in [5.41, 5.74) is 8.82. The molecule has 2 aliphatic carbocycles. The van der Waals surface area contributed by atoms with Crippen molar-refractivity contribution in [3.63, 3.8) is 0 Å². The van der Waals surface area contributed by atoms with Gasteiger partial charge in [0, 0.05) is 23.8 Å². The Morgan fingerprint density at radius 1 is 0.931 bits per heavy atom. The molecule has 152 valence electrons. The van der Waals surface area contributed by atoms with Gasteiger partial charge >= 0.3 is 0 Å². The van der Waals surface area contributed by atoms with E-state index < -0.39 is 0 Å². The van der Waals surface area contributed by atoms with Gasteiger partial charge in [0.05, 0.1) is 6.33 Å². The molecule has 2 fully saturated rings. The number of rotatable bonds is 5. The van der Waals surface area contributed by atoms with Crippen LogP contribution < -0.4 is 16.4 Å². The Balaban J connectivity index is 1.50. The second-order valence-corrected chi connectivity index (χ2v) is 8.41. The van der Waals surface area contributed by atoms with Crippen LogP contribution in [-0.4, -0.2) is 31.6 Å². The van der Waals surface area contributed by atoms with Crippen LogP contribution in [0.1, 0.15) is 57.4 Å². The molecule has 0 aliphatic heterocycles. The lowest BCUT2D eigenvalue weighted by Gasteiger charge is -2.27. The van der Waals surface area contributed by atoms with E-state index in [2.05, 4.69) is 20.2 Å². The number of nitrogens with one attached hydrogen (secondary N) is 2. The number of benzene rings is 1. The van der Waals surface area contributed by atoms with Gasteiger partial charge in [0.2, 0.25) is 5.95 Å². The summed E-state index contributed by atoms with van der Waals surface area (Å²) in [6.07, 6.45) is 11.1. The molecule has 2 heterocycles. The summed E-state index contributed by atoms with van der Waals surface area (Å²) in [6, 6.07) is 11.3. The average Bonchev–Trinajstić information content (AvgIpc) is 3.40. The third-order valence-corrected chi connectivity index (χ3v) is 6.28. The molecule has 1 aromatic carbocycles. The molecule has 2 aliphatic rings. The van der Waals surface area contributed by atoms with E-state index in [1.807, 2.05) is 36.7 Å². The Hall–Kier alpha value is -2.67. The second kappa shape index (κ2) is 7.99. The monoisotopic (exact) mass is 391 g/mol. The fourth-order valence-electron chi connectivity index (χ4n) is 4.62. The number of aromatic nitrogens is 4. The molecule has 5 rings (SSSR count). The maximum absolute atomic E-state index is 6.07. The lowest BCUT2D eigenvalue weighted by molar-refractivity contribution is 0.410. The van der Waals surface area contributed by atoms with E-state index >= 15 is 0 Å². The summed E-state index contributed by atoms with van der Waals surface area (Å²) in [4.78, 5) is 14.4. The number of hydrogen-bond donors (Lipinski definition) is 3. The van der Waals surface area contributed by atoms with E-state index in [0.717, 1.165) is 48.4 Å².